The molecule has 0 spiro atoms. The van der Waals surface area contributed by atoms with E-state index in [9.17, 15) is 14.0 Å². The Morgan fingerprint density at radius 1 is 1.13 bits per heavy atom. The fourth-order valence-corrected chi connectivity index (χ4v) is 3.62. The first-order chi connectivity index (χ1) is 14.4. The van der Waals surface area contributed by atoms with Gasteiger partial charge in [-0.05, 0) is 44.9 Å². The van der Waals surface area contributed by atoms with Crippen LogP contribution in [0.25, 0.3) is 11.0 Å². The van der Waals surface area contributed by atoms with E-state index < -0.39 is 5.82 Å². The Labute approximate surface area is 173 Å². The van der Waals surface area contributed by atoms with E-state index in [1.165, 1.54) is 18.3 Å². The van der Waals surface area contributed by atoms with Gasteiger partial charge in [0, 0.05) is 37.6 Å². The minimum atomic E-state index is -0.512. The Morgan fingerprint density at radius 3 is 2.57 bits per heavy atom. The number of carbonyl (C=O) groups is 2. The van der Waals surface area contributed by atoms with Gasteiger partial charge < -0.3 is 10.2 Å². The van der Waals surface area contributed by atoms with Gasteiger partial charge in [-0.15, -0.1) is 0 Å². The van der Waals surface area contributed by atoms with E-state index in [4.69, 9.17) is 0 Å². The second-order valence-corrected chi connectivity index (χ2v) is 7.50. The number of piperidine rings is 1. The maximum absolute atomic E-state index is 14.1. The number of hydrogen-bond acceptors (Lipinski definition) is 5. The van der Waals surface area contributed by atoms with Crippen molar-refractivity contribution < 1.29 is 14.0 Å². The third-order valence-electron chi connectivity index (χ3n) is 5.42. The highest BCUT2D eigenvalue weighted by molar-refractivity contribution is 6.04. The van der Waals surface area contributed by atoms with Crippen molar-refractivity contribution >= 4 is 22.8 Å². The summed E-state index contributed by atoms with van der Waals surface area (Å²) in [7, 11) is 0. The Hall–Kier alpha value is -3.42. The number of rotatable bonds is 3. The van der Waals surface area contributed by atoms with Gasteiger partial charge >= 0.3 is 0 Å². The monoisotopic (exact) mass is 407 g/mol. The molecule has 0 unspecified atom stereocenters. The molecule has 1 aliphatic heterocycles. The van der Waals surface area contributed by atoms with E-state index in [-0.39, 0.29) is 23.4 Å². The third kappa shape index (κ3) is 3.98. The first-order valence-corrected chi connectivity index (χ1v) is 9.87. The summed E-state index contributed by atoms with van der Waals surface area (Å²) in [5.74, 6) is -0.957. The summed E-state index contributed by atoms with van der Waals surface area (Å²) < 4.78 is 14.1. The van der Waals surface area contributed by atoms with Crippen LogP contribution in [-0.2, 0) is 0 Å². The summed E-state index contributed by atoms with van der Waals surface area (Å²) >= 11 is 0. The van der Waals surface area contributed by atoms with E-state index in [1.807, 2.05) is 6.92 Å². The lowest BCUT2D eigenvalue weighted by molar-refractivity contribution is 0.0699. The van der Waals surface area contributed by atoms with Crippen molar-refractivity contribution in [2.24, 2.45) is 0 Å². The second kappa shape index (κ2) is 8.14. The third-order valence-corrected chi connectivity index (χ3v) is 5.42. The highest BCUT2D eigenvalue weighted by Crippen LogP contribution is 2.22. The van der Waals surface area contributed by atoms with Crippen LogP contribution in [-0.4, -0.2) is 50.8 Å². The molecule has 0 radical (unpaired) electrons. The molecule has 8 heteroatoms. The van der Waals surface area contributed by atoms with Crippen LogP contribution < -0.4 is 5.32 Å². The van der Waals surface area contributed by atoms with Gasteiger partial charge in [0.1, 0.15) is 11.3 Å². The van der Waals surface area contributed by atoms with E-state index in [1.54, 1.807) is 30.2 Å². The molecule has 1 aliphatic rings. The van der Waals surface area contributed by atoms with Crippen molar-refractivity contribution in [1.82, 2.24) is 25.2 Å². The van der Waals surface area contributed by atoms with Gasteiger partial charge in [-0.1, -0.05) is 0 Å². The van der Waals surface area contributed by atoms with Crippen LogP contribution in [0.5, 0.6) is 0 Å². The van der Waals surface area contributed by atoms with E-state index in [0.717, 1.165) is 0 Å². The molecule has 1 aromatic carbocycles. The Balaban J connectivity index is 1.47. The van der Waals surface area contributed by atoms with Crippen LogP contribution in [0.15, 0.2) is 36.7 Å². The number of aryl methyl sites for hydroxylation is 2. The number of amides is 2. The summed E-state index contributed by atoms with van der Waals surface area (Å²) in [6.45, 7) is 4.55. The Kier molecular flexibility index (Phi) is 5.39. The average molecular weight is 407 g/mol. The van der Waals surface area contributed by atoms with Crippen LogP contribution in [0, 0.1) is 19.7 Å². The standard InChI is InChI=1S/C22H22FN5O2/c1-13-14(2)26-20-18(10-16(23)11-19(20)25-13)22(30)28-8-5-17(6-9-28)27-21(29)15-4-3-7-24-12-15/h3-4,7,10-12,17H,5-6,8-9H2,1-2H3,(H,27,29). The average Bonchev–Trinajstić information content (AvgIpc) is 2.75. The first kappa shape index (κ1) is 19.9. The SMILES string of the molecule is Cc1nc2cc(F)cc(C(=O)N3CCC(NC(=O)c4cccnc4)CC3)c2nc1C. The number of carbonyl (C=O) groups excluding carboxylic acids is 2. The number of aromatic nitrogens is 3. The maximum Gasteiger partial charge on any atom is 0.256 e. The van der Waals surface area contributed by atoms with Crippen molar-refractivity contribution in [2.45, 2.75) is 32.7 Å². The molecule has 1 N–H and O–H groups in total. The first-order valence-electron chi connectivity index (χ1n) is 9.87. The number of fused-ring (bicyclic) bond motifs is 1. The summed E-state index contributed by atoms with van der Waals surface area (Å²) in [4.78, 5) is 39.9. The molecule has 2 aromatic heterocycles. The molecule has 0 aliphatic carbocycles. The molecule has 0 atom stereocenters. The topological polar surface area (TPSA) is 88.1 Å². The van der Waals surface area contributed by atoms with Crippen LogP contribution in [0.4, 0.5) is 4.39 Å². The second-order valence-electron chi connectivity index (χ2n) is 7.50. The van der Waals surface area contributed by atoms with Crippen molar-refractivity contribution in [3.05, 3.63) is 65.0 Å². The molecule has 0 saturated carbocycles. The van der Waals surface area contributed by atoms with Crippen LogP contribution in [0.3, 0.4) is 0 Å². The zero-order valence-corrected chi connectivity index (χ0v) is 16.9. The molecule has 7 nitrogen and oxygen atoms in total. The Morgan fingerprint density at radius 2 is 1.87 bits per heavy atom. The van der Waals surface area contributed by atoms with Crippen molar-refractivity contribution in [3.63, 3.8) is 0 Å². The quantitative estimate of drug-likeness (QED) is 0.721. The molecule has 154 valence electrons. The summed E-state index contributed by atoms with van der Waals surface area (Å²) in [6.07, 6.45) is 4.38. The van der Waals surface area contributed by atoms with Gasteiger partial charge in [0.15, 0.2) is 0 Å². The van der Waals surface area contributed by atoms with Gasteiger partial charge in [0.2, 0.25) is 0 Å². The predicted octanol–water partition coefficient (Wildman–Crippen LogP) is 2.82. The van der Waals surface area contributed by atoms with Crippen molar-refractivity contribution in [3.8, 4) is 0 Å². The summed E-state index contributed by atoms with van der Waals surface area (Å²) in [5, 5.41) is 2.99. The predicted molar refractivity (Wildman–Crippen MR) is 110 cm³/mol. The lowest BCUT2D eigenvalue weighted by atomic mass is 10.0. The number of likely N-dealkylation sites (tertiary alicyclic amines) is 1. The number of hydrogen-bond donors (Lipinski definition) is 1. The number of nitrogens with one attached hydrogen (secondary N) is 1. The number of halogens is 1. The Bertz CT molecular complexity index is 1110. The van der Waals surface area contributed by atoms with Gasteiger partial charge in [-0.25, -0.2) is 14.4 Å². The van der Waals surface area contributed by atoms with Crippen molar-refractivity contribution in [1.29, 1.82) is 0 Å². The highest BCUT2D eigenvalue weighted by atomic mass is 19.1. The normalized spacial score (nSPS) is 14.7. The maximum atomic E-state index is 14.1. The molecule has 4 rings (SSSR count). The number of nitrogens with zero attached hydrogens (tertiary/aromatic N) is 4. The molecular formula is C22H22FN5O2. The molecule has 0 bridgehead atoms. The van der Waals surface area contributed by atoms with E-state index >= 15 is 0 Å². The molecule has 3 aromatic rings. The number of benzene rings is 1. The van der Waals surface area contributed by atoms with Crippen molar-refractivity contribution in [2.75, 3.05) is 13.1 Å². The lowest BCUT2D eigenvalue weighted by Crippen LogP contribution is -2.46. The minimum absolute atomic E-state index is 0.0318. The molecule has 2 amide bonds. The van der Waals surface area contributed by atoms with Gasteiger partial charge in [0.25, 0.3) is 11.8 Å². The van der Waals surface area contributed by atoms with Crippen LogP contribution in [0.2, 0.25) is 0 Å². The molecular weight excluding hydrogens is 385 g/mol. The smallest absolute Gasteiger partial charge is 0.256 e. The van der Waals surface area contributed by atoms with E-state index in [0.29, 0.717) is 53.9 Å². The highest BCUT2D eigenvalue weighted by Gasteiger charge is 2.27. The fourth-order valence-electron chi connectivity index (χ4n) is 3.62. The molecule has 3 heterocycles. The molecule has 1 saturated heterocycles. The zero-order chi connectivity index (χ0) is 21.3. The fraction of sp³-hybridized carbons (Fsp3) is 0.318. The van der Waals surface area contributed by atoms with Crippen LogP contribution in [0.1, 0.15) is 44.9 Å². The largest absolute Gasteiger partial charge is 0.349 e. The zero-order valence-electron chi connectivity index (χ0n) is 16.9. The number of pyridine rings is 1. The van der Waals surface area contributed by atoms with Crippen LogP contribution >= 0.6 is 0 Å². The summed E-state index contributed by atoms with van der Waals surface area (Å²) in [5.41, 5.74) is 2.93. The molecule has 30 heavy (non-hydrogen) atoms. The summed E-state index contributed by atoms with van der Waals surface area (Å²) in [6, 6.07) is 5.92. The minimum Gasteiger partial charge on any atom is -0.349 e. The van der Waals surface area contributed by atoms with Gasteiger partial charge in [0.05, 0.1) is 28.0 Å². The van der Waals surface area contributed by atoms with E-state index in [2.05, 4.69) is 20.3 Å². The lowest BCUT2D eigenvalue weighted by Gasteiger charge is -2.32. The molecule has 1 fully saturated rings. The van der Waals surface area contributed by atoms with Gasteiger partial charge in [-0.3, -0.25) is 14.6 Å². The van der Waals surface area contributed by atoms with Gasteiger partial charge in [-0.2, -0.15) is 0 Å².